The van der Waals surface area contributed by atoms with Gasteiger partial charge in [-0.15, -0.1) is 24.0 Å². The second-order valence-corrected chi connectivity index (χ2v) is 5.72. The number of fused-ring (bicyclic) bond motifs is 1. The number of nitrogens with zero attached hydrogens (tertiary/aromatic N) is 1. The van der Waals surface area contributed by atoms with Crippen LogP contribution >= 0.6 is 24.0 Å². The Labute approximate surface area is 175 Å². The number of ether oxygens (including phenoxy) is 4. The Hall–Kier alpha value is -2.36. The van der Waals surface area contributed by atoms with Crippen LogP contribution in [0.1, 0.15) is 12.0 Å². The van der Waals surface area contributed by atoms with Crippen LogP contribution in [0.4, 0.5) is 5.69 Å². The molecule has 146 valence electrons. The van der Waals surface area contributed by atoms with Crippen LogP contribution in [0.2, 0.25) is 0 Å². The topological polar surface area (TPSA) is 87.3 Å². The standard InChI is InChI=1S/C19H23N3O4.HI/c1-23-15-6-4-13(17(11-15)24-2)12-21-19(20)22-14-5-7-16-18(10-14)26-9-3-8-25-16;/h4-7,10-11H,3,8-9,12H2,1-2H3,(H3,20,21,22);1H. The Morgan fingerprint density at radius 3 is 2.59 bits per heavy atom. The molecule has 7 nitrogen and oxygen atoms in total. The molecular weight excluding hydrogens is 461 g/mol. The van der Waals surface area contributed by atoms with Crippen LogP contribution in [0, 0.1) is 0 Å². The van der Waals surface area contributed by atoms with E-state index in [1.54, 1.807) is 14.2 Å². The third-order valence-electron chi connectivity index (χ3n) is 3.93. The molecule has 27 heavy (non-hydrogen) atoms. The van der Waals surface area contributed by atoms with Gasteiger partial charge in [-0.2, -0.15) is 0 Å². The fraction of sp³-hybridized carbons (Fsp3) is 0.316. The molecule has 2 aromatic rings. The van der Waals surface area contributed by atoms with Gasteiger partial charge in [0.1, 0.15) is 11.5 Å². The molecule has 0 radical (unpaired) electrons. The van der Waals surface area contributed by atoms with Gasteiger partial charge in [0.25, 0.3) is 0 Å². The maximum Gasteiger partial charge on any atom is 0.193 e. The molecular formula is C19H24IN3O4. The maximum atomic E-state index is 6.01. The first-order chi connectivity index (χ1) is 12.7. The highest BCUT2D eigenvalue weighted by molar-refractivity contribution is 14.0. The van der Waals surface area contributed by atoms with Crippen molar-refractivity contribution in [3.8, 4) is 23.0 Å². The molecule has 3 rings (SSSR count). The SMILES string of the molecule is COc1ccc(CN=C(N)Nc2ccc3c(c2)OCCCO3)c(OC)c1.I. The molecule has 0 saturated carbocycles. The van der Waals surface area contributed by atoms with Crippen LogP contribution in [0.25, 0.3) is 0 Å². The molecule has 3 N–H and O–H groups in total. The fourth-order valence-electron chi connectivity index (χ4n) is 2.58. The highest BCUT2D eigenvalue weighted by Crippen LogP contribution is 2.32. The summed E-state index contributed by atoms with van der Waals surface area (Å²) < 4.78 is 21.9. The number of nitrogens with one attached hydrogen (secondary N) is 1. The molecule has 0 atom stereocenters. The second-order valence-electron chi connectivity index (χ2n) is 5.72. The number of aliphatic imine (C=N–C) groups is 1. The normalized spacial score (nSPS) is 13.2. The van der Waals surface area contributed by atoms with E-state index in [1.165, 1.54) is 0 Å². The minimum Gasteiger partial charge on any atom is -0.497 e. The van der Waals surface area contributed by atoms with Crippen LogP contribution in [-0.4, -0.2) is 33.4 Å². The summed E-state index contributed by atoms with van der Waals surface area (Å²) in [5.74, 6) is 3.19. The average Bonchev–Trinajstić information content (AvgIpc) is 2.91. The van der Waals surface area contributed by atoms with Gasteiger partial charge in [-0.1, -0.05) is 0 Å². The van der Waals surface area contributed by atoms with E-state index in [0.29, 0.717) is 37.2 Å². The van der Waals surface area contributed by atoms with E-state index in [1.807, 2.05) is 36.4 Å². The van der Waals surface area contributed by atoms with Crippen molar-refractivity contribution < 1.29 is 18.9 Å². The number of methoxy groups -OCH3 is 2. The molecule has 0 fully saturated rings. The Bertz CT molecular complexity index is 799. The Kier molecular flexibility index (Phi) is 7.83. The molecule has 2 aromatic carbocycles. The number of benzene rings is 2. The van der Waals surface area contributed by atoms with Gasteiger partial charge >= 0.3 is 0 Å². The van der Waals surface area contributed by atoms with Gasteiger partial charge in [0.05, 0.1) is 34.0 Å². The lowest BCUT2D eigenvalue weighted by Crippen LogP contribution is -2.22. The summed E-state index contributed by atoms with van der Waals surface area (Å²) in [6, 6.07) is 11.2. The van der Waals surface area contributed by atoms with Crippen molar-refractivity contribution in [3.05, 3.63) is 42.0 Å². The van der Waals surface area contributed by atoms with Crippen molar-refractivity contribution in [2.75, 3.05) is 32.8 Å². The zero-order valence-corrected chi connectivity index (χ0v) is 17.7. The summed E-state index contributed by atoms with van der Waals surface area (Å²) in [6.07, 6.45) is 0.866. The molecule has 0 aromatic heterocycles. The van der Waals surface area contributed by atoms with E-state index >= 15 is 0 Å². The first-order valence-electron chi connectivity index (χ1n) is 8.37. The third-order valence-corrected chi connectivity index (χ3v) is 3.93. The van der Waals surface area contributed by atoms with Crippen molar-refractivity contribution in [3.63, 3.8) is 0 Å². The molecule has 0 amide bonds. The number of anilines is 1. The first kappa shape index (κ1) is 20.9. The molecule has 8 heteroatoms. The Morgan fingerprint density at radius 1 is 1.07 bits per heavy atom. The van der Waals surface area contributed by atoms with Crippen molar-refractivity contribution >= 4 is 35.6 Å². The number of nitrogens with two attached hydrogens (primary N) is 1. The fourth-order valence-corrected chi connectivity index (χ4v) is 2.58. The number of guanidine groups is 1. The number of halogens is 1. The van der Waals surface area contributed by atoms with Gasteiger partial charge in [-0.3, -0.25) is 0 Å². The monoisotopic (exact) mass is 485 g/mol. The lowest BCUT2D eigenvalue weighted by molar-refractivity contribution is 0.297. The molecule has 1 aliphatic rings. The smallest absolute Gasteiger partial charge is 0.193 e. The highest BCUT2D eigenvalue weighted by Gasteiger charge is 2.11. The highest BCUT2D eigenvalue weighted by atomic mass is 127. The summed E-state index contributed by atoms with van der Waals surface area (Å²) in [6.45, 7) is 1.68. The maximum absolute atomic E-state index is 6.01. The van der Waals surface area contributed by atoms with Crippen molar-refractivity contribution in [2.45, 2.75) is 13.0 Å². The summed E-state index contributed by atoms with van der Waals surface area (Å²) >= 11 is 0. The summed E-state index contributed by atoms with van der Waals surface area (Å²) in [4.78, 5) is 4.37. The number of hydrogen-bond acceptors (Lipinski definition) is 5. The van der Waals surface area contributed by atoms with Crippen LogP contribution in [0.3, 0.4) is 0 Å². The summed E-state index contributed by atoms with van der Waals surface area (Å²) in [5.41, 5.74) is 7.71. The Balaban J connectivity index is 0.00000261. The van der Waals surface area contributed by atoms with E-state index in [4.69, 9.17) is 24.7 Å². The zero-order chi connectivity index (χ0) is 18.4. The summed E-state index contributed by atoms with van der Waals surface area (Å²) in [7, 11) is 3.23. The lowest BCUT2D eigenvalue weighted by atomic mass is 10.2. The van der Waals surface area contributed by atoms with Gasteiger partial charge < -0.3 is 30.0 Å². The zero-order valence-electron chi connectivity index (χ0n) is 15.4. The predicted molar refractivity (Wildman–Crippen MR) is 116 cm³/mol. The molecule has 0 unspecified atom stereocenters. The van der Waals surface area contributed by atoms with Crippen LogP contribution in [0.5, 0.6) is 23.0 Å². The molecule has 0 saturated heterocycles. The van der Waals surface area contributed by atoms with E-state index in [-0.39, 0.29) is 24.0 Å². The average molecular weight is 485 g/mol. The lowest BCUT2D eigenvalue weighted by Gasteiger charge is -2.11. The Morgan fingerprint density at radius 2 is 1.85 bits per heavy atom. The minimum absolute atomic E-state index is 0. The van der Waals surface area contributed by atoms with Crippen molar-refractivity contribution in [2.24, 2.45) is 10.7 Å². The molecule has 0 aliphatic carbocycles. The van der Waals surface area contributed by atoms with Crippen LogP contribution in [-0.2, 0) is 6.54 Å². The largest absolute Gasteiger partial charge is 0.497 e. The second kappa shape index (κ2) is 10.1. The molecule has 0 spiro atoms. The number of hydrogen-bond donors (Lipinski definition) is 2. The predicted octanol–water partition coefficient (Wildman–Crippen LogP) is 3.41. The van der Waals surface area contributed by atoms with Crippen LogP contribution in [0.15, 0.2) is 41.4 Å². The van der Waals surface area contributed by atoms with E-state index in [9.17, 15) is 0 Å². The number of rotatable bonds is 5. The van der Waals surface area contributed by atoms with Gasteiger partial charge in [-0.25, -0.2) is 4.99 Å². The van der Waals surface area contributed by atoms with Crippen LogP contribution < -0.4 is 30.0 Å². The first-order valence-corrected chi connectivity index (χ1v) is 8.37. The van der Waals surface area contributed by atoms with E-state index in [0.717, 1.165) is 29.2 Å². The minimum atomic E-state index is 0. The van der Waals surface area contributed by atoms with Gasteiger partial charge in [-0.05, 0) is 24.3 Å². The van der Waals surface area contributed by atoms with Gasteiger partial charge in [0.2, 0.25) is 0 Å². The van der Waals surface area contributed by atoms with Crippen molar-refractivity contribution in [1.82, 2.24) is 0 Å². The van der Waals surface area contributed by atoms with Gasteiger partial charge in [0.15, 0.2) is 17.5 Å². The molecule has 0 bridgehead atoms. The quantitative estimate of drug-likeness (QED) is 0.384. The molecule has 1 heterocycles. The molecule has 1 aliphatic heterocycles. The van der Waals surface area contributed by atoms with E-state index < -0.39 is 0 Å². The third kappa shape index (κ3) is 5.56. The summed E-state index contributed by atoms with van der Waals surface area (Å²) in [5, 5.41) is 3.07. The van der Waals surface area contributed by atoms with Gasteiger partial charge in [0, 0.05) is 29.8 Å². The van der Waals surface area contributed by atoms with E-state index in [2.05, 4.69) is 10.3 Å². The van der Waals surface area contributed by atoms with Crippen molar-refractivity contribution in [1.29, 1.82) is 0 Å².